The fraction of sp³-hybridized carbons (Fsp3) is 0.417. The molecule has 0 radical (unpaired) electrons. The second-order valence-corrected chi connectivity index (χ2v) is 3.97. The first-order chi connectivity index (χ1) is 8.28. The van der Waals surface area contributed by atoms with Crippen LogP contribution in [0.5, 0.6) is 5.75 Å². The van der Waals surface area contributed by atoms with E-state index < -0.39 is 18.2 Å². The van der Waals surface area contributed by atoms with Crippen LogP contribution >= 0.6 is 0 Å². The van der Waals surface area contributed by atoms with Gasteiger partial charge in [-0.3, -0.25) is 4.79 Å². The highest BCUT2D eigenvalue weighted by atomic mass is 19.4. The molecule has 1 atom stereocenters. The van der Waals surface area contributed by atoms with Crippen LogP contribution in [-0.2, 0) is 11.2 Å². The average Bonchev–Trinajstić information content (AvgIpc) is 2.25. The highest BCUT2D eigenvalue weighted by molar-refractivity contribution is 5.69. The topological polar surface area (TPSA) is 46.5 Å². The Morgan fingerprint density at radius 1 is 1.33 bits per heavy atom. The number of carbonyl (C=O) groups is 1. The van der Waals surface area contributed by atoms with Crippen molar-refractivity contribution >= 4 is 5.97 Å². The van der Waals surface area contributed by atoms with Gasteiger partial charge >= 0.3 is 12.3 Å². The molecule has 0 aliphatic rings. The van der Waals surface area contributed by atoms with Gasteiger partial charge in [-0.2, -0.15) is 0 Å². The van der Waals surface area contributed by atoms with Gasteiger partial charge in [0, 0.05) is 0 Å². The van der Waals surface area contributed by atoms with Crippen molar-refractivity contribution in [2.75, 3.05) is 0 Å². The molecule has 100 valence electrons. The smallest absolute Gasteiger partial charge is 0.481 e. The number of carboxylic acids is 1. The van der Waals surface area contributed by atoms with E-state index >= 15 is 0 Å². The van der Waals surface area contributed by atoms with Gasteiger partial charge in [-0.05, 0) is 30.5 Å². The number of benzene rings is 1. The molecule has 1 rings (SSSR count). The van der Waals surface area contributed by atoms with E-state index in [1.807, 2.05) is 0 Å². The Balaban J connectivity index is 2.53. The van der Waals surface area contributed by atoms with E-state index in [-0.39, 0.29) is 5.75 Å². The molecule has 0 heterocycles. The van der Waals surface area contributed by atoms with E-state index in [1.54, 1.807) is 6.92 Å². The van der Waals surface area contributed by atoms with Crippen LogP contribution in [0.3, 0.4) is 0 Å². The molecule has 1 aromatic carbocycles. The molecule has 0 spiro atoms. The van der Waals surface area contributed by atoms with Gasteiger partial charge in [-0.25, -0.2) is 0 Å². The van der Waals surface area contributed by atoms with Crippen LogP contribution in [0.2, 0.25) is 0 Å². The number of hydrogen-bond acceptors (Lipinski definition) is 2. The Hall–Kier alpha value is -1.72. The highest BCUT2D eigenvalue weighted by Gasteiger charge is 2.30. The number of hydrogen-bond donors (Lipinski definition) is 1. The summed E-state index contributed by atoms with van der Waals surface area (Å²) in [6.45, 7) is 1.59. The fourth-order valence-electron chi connectivity index (χ4n) is 1.36. The Morgan fingerprint density at radius 3 is 2.33 bits per heavy atom. The van der Waals surface area contributed by atoms with Gasteiger partial charge in [0.05, 0.1) is 5.92 Å². The van der Waals surface area contributed by atoms with Gasteiger partial charge in [-0.15, -0.1) is 13.2 Å². The van der Waals surface area contributed by atoms with E-state index in [0.717, 1.165) is 5.56 Å². The molecule has 0 aliphatic carbocycles. The maximum absolute atomic E-state index is 11.9. The van der Waals surface area contributed by atoms with Crippen LogP contribution in [-0.4, -0.2) is 17.4 Å². The molecular weight excluding hydrogens is 249 g/mol. The zero-order valence-corrected chi connectivity index (χ0v) is 9.70. The van der Waals surface area contributed by atoms with Gasteiger partial charge in [0.2, 0.25) is 0 Å². The minimum atomic E-state index is -4.70. The van der Waals surface area contributed by atoms with Crippen molar-refractivity contribution in [2.45, 2.75) is 26.1 Å². The second kappa shape index (κ2) is 5.75. The summed E-state index contributed by atoms with van der Waals surface area (Å²) in [5.41, 5.74) is 0.776. The third kappa shape index (κ3) is 5.07. The van der Waals surface area contributed by atoms with Crippen molar-refractivity contribution in [1.82, 2.24) is 0 Å². The normalized spacial score (nSPS) is 13.1. The third-order valence-electron chi connectivity index (χ3n) is 2.44. The number of aliphatic carboxylic acids is 1. The van der Waals surface area contributed by atoms with Crippen LogP contribution in [0.4, 0.5) is 13.2 Å². The number of halogens is 3. The lowest BCUT2D eigenvalue weighted by molar-refractivity contribution is -0.274. The Kier molecular flexibility index (Phi) is 4.58. The molecule has 0 aliphatic heterocycles. The molecule has 3 nitrogen and oxygen atoms in total. The molecule has 1 N–H and O–H groups in total. The SMILES string of the molecule is CC(CCc1ccc(OC(F)(F)F)cc1)C(=O)O. The predicted molar refractivity (Wildman–Crippen MR) is 58.2 cm³/mol. The lowest BCUT2D eigenvalue weighted by atomic mass is 10.0. The largest absolute Gasteiger partial charge is 0.573 e. The zero-order chi connectivity index (χ0) is 13.8. The van der Waals surface area contributed by atoms with Crippen molar-refractivity contribution in [3.8, 4) is 5.75 Å². The summed E-state index contributed by atoms with van der Waals surface area (Å²) in [7, 11) is 0. The number of aryl methyl sites for hydroxylation is 1. The summed E-state index contributed by atoms with van der Waals surface area (Å²) in [6, 6.07) is 5.42. The molecule has 18 heavy (non-hydrogen) atoms. The zero-order valence-electron chi connectivity index (χ0n) is 9.70. The molecule has 1 unspecified atom stereocenters. The Morgan fingerprint density at radius 2 is 1.89 bits per heavy atom. The summed E-state index contributed by atoms with van der Waals surface area (Å²) in [4.78, 5) is 10.6. The minimum absolute atomic E-state index is 0.280. The number of carboxylic acid groups (broad SMARTS) is 1. The highest BCUT2D eigenvalue weighted by Crippen LogP contribution is 2.23. The lowest BCUT2D eigenvalue weighted by Crippen LogP contribution is -2.17. The summed E-state index contributed by atoms with van der Waals surface area (Å²) in [5, 5.41) is 8.69. The van der Waals surface area contributed by atoms with E-state index in [1.165, 1.54) is 24.3 Å². The standard InChI is InChI=1S/C12H13F3O3/c1-8(11(16)17)2-3-9-4-6-10(7-5-9)18-12(13,14)15/h4-8H,2-3H2,1H3,(H,16,17). The molecule has 0 saturated heterocycles. The maximum Gasteiger partial charge on any atom is 0.573 e. The van der Waals surface area contributed by atoms with Crippen molar-refractivity contribution in [2.24, 2.45) is 5.92 Å². The van der Waals surface area contributed by atoms with Crippen LogP contribution < -0.4 is 4.74 Å². The Bertz CT molecular complexity index is 398. The number of ether oxygens (including phenoxy) is 1. The summed E-state index contributed by atoms with van der Waals surface area (Å²) < 4.78 is 39.4. The maximum atomic E-state index is 11.9. The first-order valence-corrected chi connectivity index (χ1v) is 5.35. The van der Waals surface area contributed by atoms with Crippen LogP contribution in [0.1, 0.15) is 18.9 Å². The summed E-state index contributed by atoms with van der Waals surface area (Å²) in [6.07, 6.45) is -3.76. The van der Waals surface area contributed by atoms with Crippen molar-refractivity contribution < 1.29 is 27.8 Å². The minimum Gasteiger partial charge on any atom is -0.481 e. The molecule has 1 aromatic rings. The first-order valence-electron chi connectivity index (χ1n) is 5.35. The molecular formula is C12H13F3O3. The van der Waals surface area contributed by atoms with E-state index in [9.17, 15) is 18.0 Å². The summed E-state index contributed by atoms with van der Waals surface area (Å²) in [5.74, 6) is -1.64. The lowest BCUT2D eigenvalue weighted by Gasteiger charge is -2.10. The number of rotatable bonds is 5. The van der Waals surface area contributed by atoms with Gasteiger partial charge in [0.15, 0.2) is 0 Å². The first kappa shape index (κ1) is 14.3. The van der Waals surface area contributed by atoms with Gasteiger partial charge in [0.1, 0.15) is 5.75 Å². The second-order valence-electron chi connectivity index (χ2n) is 3.97. The molecule has 0 fully saturated rings. The molecule has 0 bridgehead atoms. The molecule has 0 aromatic heterocycles. The Labute approximate surface area is 102 Å². The van der Waals surface area contributed by atoms with Crippen LogP contribution in [0.25, 0.3) is 0 Å². The molecule has 0 saturated carbocycles. The van der Waals surface area contributed by atoms with Gasteiger partial charge < -0.3 is 9.84 Å². The van der Waals surface area contributed by atoms with Crippen LogP contribution in [0, 0.1) is 5.92 Å². The van der Waals surface area contributed by atoms with Crippen molar-refractivity contribution in [3.63, 3.8) is 0 Å². The quantitative estimate of drug-likeness (QED) is 0.886. The van der Waals surface area contributed by atoms with Crippen molar-refractivity contribution in [1.29, 1.82) is 0 Å². The number of alkyl halides is 3. The van der Waals surface area contributed by atoms with E-state index in [0.29, 0.717) is 12.8 Å². The van der Waals surface area contributed by atoms with Gasteiger partial charge in [-0.1, -0.05) is 19.1 Å². The van der Waals surface area contributed by atoms with Gasteiger partial charge in [0.25, 0.3) is 0 Å². The monoisotopic (exact) mass is 262 g/mol. The van der Waals surface area contributed by atoms with Crippen molar-refractivity contribution in [3.05, 3.63) is 29.8 Å². The average molecular weight is 262 g/mol. The van der Waals surface area contributed by atoms with E-state index in [4.69, 9.17) is 5.11 Å². The molecule has 0 amide bonds. The predicted octanol–water partition coefficient (Wildman–Crippen LogP) is 3.24. The van der Waals surface area contributed by atoms with Crippen LogP contribution in [0.15, 0.2) is 24.3 Å². The summed E-state index contributed by atoms with van der Waals surface area (Å²) >= 11 is 0. The third-order valence-corrected chi connectivity index (χ3v) is 2.44. The van der Waals surface area contributed by atoms with E-state index in [2.05, 4.69) is 4.74 Å². The fourth-order valence-corrected chi connectivity index (χ4v) is 1.36. The molecule has 6 heteroatoms.